The van der Waals surface area contributed by atoms with Crippen molar-refractivity contribution < 1.29 is 18.9 Å². The molecule has 1 saturated carbocycles. The van der Waals surface area contributed by atoms with E-state index in [9.17, 15) is 0 Å². The summed E-state index contributed by atoms with van der Waals surface area (Å²) >= 11 is 0. The maximum Gasteiger partial charge on any atom is 0.206 e. The standard InChI is InChI=1S/C20H25NO4/c1-21-8-7-19-13-5-6-20(23-9-10-24-20)18(19)25-17-15(22-2)4-3-12(16(17)19)11-14(13)21/h3-4,13-14,18H,5-11H2,1-2H3/t13?,14?,18-,19+/m1/s1. The first-order valence-electron chi connectivity index (χ1n) is 9.55. The molecular formula is C20H25NO4. The van der Waals surface area contributed by atoms with E-state index in [1.807, 2.05) is 0 Å². The van der Waals surface area contributed by atoms with Gasteiger partial charge in [0.25, 0.3) is 0 Å². The lowest BCUT2D eigenvalue weighted by Crippen LogP contribution is -2.69. The summed E-state index contributed by atoms with van der Waals surface area (Å²) < 4.78 is 24.8. The van der Waals surface area contributed by atoms with Crippen molar-refractivity contribution in [2.24, 2.45) is 5.92 Å². The zero-order valence-electron chi connectivity index (χ0n) is 14.9. The molecule has 1 aromatic carbocycles. The smallest absolute Gasteiger partial charge is 0.206 e. The van der Waals surface area contributed by atoms with E-state index >= 15 is 0 Å². The van der Waals surface area contributed by atoms with Crippen molar-refractivity contribution in [1.82, 2.24) is 4.90 Å². The van der Waals surface area contributed by atoms with E-state index in [2.05, 4.69) is 24.1 Å². The largest absolute Gasteiger partial charge is 0.493 e. The van der Waals surface area contributed by atoms with Crippen LogP contribution in [0.5, 0.6) is 11.5 Å². The van der Waals surface area contributed by atoms with Gasteiger partial charge < -0.3 is 23.8 Å². The number of hydrogen-bond acceptors (Lipinski definition) is 5. The number of likely N-dealkylation sites (N-methyl/N-ethyl adjacent to an activating group) is 1. The number of hydrogen-bond donors (Lipinski definition) is 0. The predicted octanol–water partition coefficient (Wildman–Crippen LogP) is 2.11. The minimum absolute atomic E-state index is 0.0111. The third kappa shape index (κ3) is 1.57. The maximum absolute atomic E-state index is 6.68. The van der Waals surface area contributed by atoms with Gasteiger partial charge in [0.1, 0.15) is 0 Å². The fourth-order valence-corrected chi connectivity index (χ4v) is 6.63. The molecule has 2 spiro atoms. The van der Waals surface area contributed by atoms with E-state index in [0.717, 1.165) is 43.7 Å². The van der Waals surface area contributed by atoms with Gasteiger partial charge in [-0.3, -0.25) is 0 Å². The van der Waals surface area contributed by atoms with Gasteiger partial charge in [-0.1, -0.05) is 6.07 Å². The summed E-state index contributed by atoms with van der Waals surface area (Å²) in [6.45, 7) is 2.45. The van der Waals surface area contributed by atoms with Gasteiger partial charge in [-0.2, -0.15) is 0 Å². The second-order valence-corrected chi connectivity index (χ2v) is 8.33. The summed E-state index contributed by atoms with van der Waals surface area (Å²) in [4.78, 5) is 2.56. The van der Waals surface area contributed by atoms with E-state index in [1.165, 1.54) is 11.1 Å². The van der Waals surface area contributed by atoms with Crippen LogP contribution in [0.3, 0.4) is 0 Å². The first-order valence-corrected chi connectivity index (χ1v) is 9.55. The average molecular weight is 343 g/mol. The topological polar surface area (TPSA) is 40.2 Å². The lowest BCUT2D eigenvalue weighted by Gasteiger charge is -2.60. The Hall–Kier alpha value is -1.30. The van der Waals surface area contributed by atoms with Crippen LogP contribution in [-0.4, -0.2) is 56.7 Å². The lowest BCUT2D eigenvalue weighted by atomic mass is 9.50. The minimum Gasteiger partial charge on any atom is -0.493 e. The zero-order chi connectivity index (χ0) is 16.8. The Labute approximate surface area is 148 Å². The van der Waals surface area contributed by atoms with Crippen molar-refractivity contribution in [2.75, 3.05) is 33.9 Å². The van der Waals surface area contributed by atoms with E-state index < -0.39 is 5.79 Å². The Bertz CT molecular complexity index is 743. The summed E-state index contributed by atoms with van der Waals surface area (Å²) in [5, 5.41) is 0. The molecule has 1 aromatic rings. The van der Waals surface area contributed by atoms with Crippen LogP contribution in [0.1, 0.15) is 30.4 Å². The molecule has 3 heterocycles. The monoisotopic (exact) mass is 343 g/mol. The second-order valence-electron chi connectivity index (χ2n) is 8.33. The normalized spacial score (nSPS) is 40.0. The van der Waals surface area contributed by atoms with Crippen molar-refractivity contribution in [2.45, 2.75) is 49.0 Å². The highest BCUT2D eigenvalue weighted by molar-refractivity contribution is 5.61. The fourth-order valence-electron chi connectivity index (χ4n) is 6.63. The molecule has 0 radical (unpaired) electrons. The maximum atomic E-state index is 6.68. The van der Waals surface area contributed by atoms with Gasteiger partial charge in [-0.25, -0.2) is 0 Å². The number of likely N-dealkylation sites (tertiary alicyclic amines) is 1. The molecule has 2 bridgehead atoms. The molecule has 4 atom stereocenters. The number of rotatable bonds is 1. The zero-order valence-corrected chi connectivity index (χ0v) is 14.9. The Morgan fingerprint density at radius 1 is 1.20 bits per heavy atom. The highest BCUT2D eigenvalue weighted by Crippen LogP contribution is 2.66. The van der Waals surface area contributed by atoms with Crippen LogP contribution in [0.25, 0.3) is 0 Å². The molecule has 5 heteroatoms. The van der Waals surface area contributed by atoms with Crippen molar-refractivity contribution in [3.05, 3.63) is 23.3 Å². The van der Waals surface area contributed by atoms with Gasteiger partial charge in [0.2, 0.25) is 5.79 Å². The summed E-state index contributed by atoms with van der Waals surface area (Å²) in [6, 6.07) is 4.91. The lowest BCUT2D eigenvalue weighted by molar-refractivity contribution is -0.260. The van der Waals surface area contributed by atoms with Crippen molar-refractivity contribution in [1.29, 1.82) is 0 Å². The minimum atomic E-state index is -0.574. The van der Waals surface area contributed by atoms with Gasteiger partial charge in [0.15, 0.2) is 17.6 Å². The number of methoxy groups -OCH3 is 1. The van der Waals surface area contributed by atoms with E-state index in [-0.39, 0.29) is 11.5 Å². The predicted molar refractivity (Wildman–Crippen MR) is 91.2 cm³/mol. The van der Waals surface area contributed by atoms with Gasteiger partial charge in [-0.15, -0.1) is 0 Å². The number of ether oxygens (including phenoxy) is 4. The van der Waals surface area contributed by atoms with Crippen LogP contribution < -0.4 is 9.47 Å². The summed E-state index contributed by atoms with van der Waals surface area (Å²) in [7, 11) is 4.02. The molecule has 2 unspecified atom stereocenters. The summed E-state index contributed by atoms with van der Waals surface area (Å²) in [5.74, 6) is 1.84. The second kappa shape index (κ2) is 4.70. The molecule has 134 valence electrons. The van der Waals surface area contributed by atoms with Gasteiger partial charge in [0, 0.05) is 23.4 Å². The number of nitrogens with zero attached hydrogens (tertiary/aromatic N) is 1. The van der Waals surface area contributed by atoms with E-state index in [4.69, 9.17) is 18.9 Å². The third-order valence-electron chi connectivity index (χ3n) is 7.58. The molecule has 5 aliphatic rings. The fraction of sp³-hybridized carbons (Fsp3) is 0.700. The number of piperidine rings is 1. The molecular weight excluding hydrogens is 318 g/mol. The highest BCUT2D eigenvalue weighted by atomic mass is 16.8. The van der Waals surface area contributed by atoms with Crippen LogP contribution in [-0.2, 0) is 21.3 Å². The average Bonchev–Trinajstić information content (AvgIpc) is 3.23. The van der Waals surface area contributed by atoms with Crippen molar-refractivity contribution in [3.8, 4) is 11.5 Å². The number of fused-ring (bicyclic) bond motifs is 1. The Balaban J connectivity index is 1.62. The molecule has 0 amide bonds. The van der Waals surface area contributed by atoms with Gasteiger partial charge in [0.05, 0.1) is 20.3 Å². The van der Waals surface area contributed by atoms with Gasteiger partial charge >= 0.3 is 0 Å². The Morgan fingerprint density at radius 3 is 2.84 bits per heavy atom. The van der Waals surface area contributed by atoms with E-state index in [1.54, 1.807) is 7.11 Å². The van der Waals surface area contributed by atoms with Gasteiger partial charge in [-0.05, 0) is 50.4 Å². The number of benzene rings is 1. The quantitative estimate of drug-likeness (QED) is 0.781. The molecule has 0 aromatic heterocycles. The first kappa shape index (κ1) is 14.8. The Morgan fingerprint density at radius 2 is 2.04 bits per heavy atom. The molecule has 3 fully saturated rings. The Kier molecular flexibility index (Phi) is 2.79. The summed E-state index contributed by atoms with van der Waals surface area (Å²) in [6.07, 6.45) is 4.24. The molecule has 0 N–H and O–H groups in total. The third-order valence-corrected chi connectivity index (χ3v) is 7.58. The molecule has 25 heavy (non-hydrogen) atoms. The SMILES string of the molecule is COc1ccc2c3c1O[C@H]1C4(CCC5C(C2)N(C)CC[C@@]351)OCCO4. The van der Waals surface area contributed by atoms with Crippen LogP contribution in [0.15, 0.2) is 12.1 Å². The first-order chi connectivity index (χ1) is 12.2. The van der Waals surface area contributed by atoms with Crippen LogP contribution in [0, 0.1) is 5.92 Å². The van der Waals surface area contributed by atoms with Crippen LogP contribution >= 0.6 is 0 Å². The van der Waals surface area contributed by atoms with E-state index in [0.29, 0.717) is 25.2 Å². The molecule has 2 saturated heterocycles. The van der Waals surface area contributed by atoms with Crippen LogP contribution in [0.4, 0.5) is 0 Å². The molecule has 5 nitrogen and oxygen atoms in total. The van der Waals surface area contributed by atoms with Crippen molar-refractivity contribution >= 4 is 0 Å². The summed E-state index contributed by atoms with van der Waals surface area (Å²) in [5.41, 5.74) is 2.85. The van der Waals surface area contributed by atoms with Crippen LogP contribution in [0.2, 0.25) is 0 Å². The molecule has 6 rings (SSSR count). The van der Waals surface area contributed by atoms with Crippen molar-refractivity contribution in [3.63, 3.8) is 0 Å². The molecule has 2 aliphatic carbocycles. The molecule has 3 aliphatic heterocycles. The highest BCUT2D eigenvalue weighted by Gasteiger charge is 2.71.